The summed E-state index contributed by atoms with van der Waals surface area (Å²) in [4.78, 5) is 12.2. The minimum atomic E-state index is -0.320. The van der Waals surface area contributed by atoms with E-state index < -0.39 is 0 Å². The fourth-order valence-electron chi connectivity index (χ4n) is 2.44. The van der Waals surface area contributed by atoms with Gasteiger partial charge in [-0.25, -0.2) is 5.43 Å². The van der Waals surface area contributed by atoms with Crippen molar-refractivity contribution >= 4 is 11.6 Å². The third kappa shape index (κ3) is 4.01. The molecule has 5 nitrogen and oxygen atoms in total. The summed E-state index contributed by atoms with van der Waals surface area (Å²) < 4.78 is 0. The van der Waals surface area contributed by atoms with Crippen molar-refractivity contribution in [2.45, 2.75) is 20.3 Å². The summed E-state index contributed by atoms with van der Waals surface area (Å²) in [6, 6.07) is 19.6. The second kappa shape index (κ2) is 7.57. The first-order valence-corrected chi connectivity index (χ1v) is 8.22. The van der Waals surface area contributed by atoms with Gasteiger partial charge in [-0.05, 0) is 30.5 Å². The number of aromatic nitrogens is 2. The Kier molecular flexibility index (Phi) is 5.04. The molecule has 0 fully saturated rings. The molecule has 0 spiro atoms. The number of rotatable bonds is 5. The molecule has 0 bridgehead atoms. The van der Waals surface area contributed by atoms with Crippen LogP contribution in [0.1, 0.15) is 35.5 Å². The molecule has 0 unspecified atom stereocenters. The van der Waals surface area contributed by atoms with Crippen molar-refractivity contribution < 1.29 is 4.79 Å². The van der Waals surface area contributed by atoms with Crippen LogP contribution in [-0.2, 0) is 6.42 Å². The van der Waals surface area contributed by atoms with Gasteiger partial charge in [0.15, 0.2) is 0 Å². The van der Waals surface area contributed by atoms with Gasteiger partial charge in [0.1, 0.15) is 5.69 Å². The molecular weight excluding hydrogens is 312 g/mol. The molecule has 0 aliphatic heterocycles. The number of aryl methyl sites for hydroxylation is 1. The topological polar surface area (TPSA) is 70.1 Å². The van der Waals surface area contributed by atoms with Gasteiger partial charge < -0.3 is 0 Å². The van der Waals surface area contributed by atoms with Crippen LogP contribution < -0.4 is 5.43 Å². The normalized spacial score (nSPS) is 11.4. The number of hydrazone groups is 1. The molecule has 126 valence electrons. The summed E-state index contributed by atoms with van der Waals surface area (Å²) >= 11 is 0. The number of nitrogens with zero attached hydrogens (tertiary/aromatic N) is 2. The number of nitrogens with one attached hydrogen (secondary N) is 2. The van der Waals surface area contributed by atoms with Crippen LogP contribution in [0.25, 0.3) is 11.3 Å². The predicted molar refractivity (Wildman–Crippen MR) is 99.5 cm³/mol. The quantitative estimate of drug-likeness (QED) is 0.551. The Morgan fingerprint density at radius 2 is 1.84 bits per heavy atom. The Balaban J connectivity index is 1.70. The highest BCUT2D eigenvalue weighted by molar-refractivity contribution is 6.00. The zero-order valence-corrected chi connectivity index (χ0v) is 14.3. The molecule has 2 N–H and O–H groups in total. The highest BCUT2D eigenvalue weighted by Gasteiger charge is 2.10. The predicted octanol–water partition coefficient (Wildman–Crippen LogP) is 3.79. The monoisotopic (exact) mass is 332 g/mol. The van der Waals surface area contributed by atoms with Gasteiger partial charge in [-0.3, -0.25) is 9.89 Å². The van der Waals surface area contributed by atoms with Gasteiger partial charge in [-0.1, -0.05) is 61.5 Å². The number of carbonyl (C=O) groups excluding carboxylic acids is 1. The highest BCUT2D eigenvalue weighted by atomic mass is 16.2. The molecule has 0 aliphatic rings. The van der Waals surface area contributed by atoms with Crippen LogP contribution in [0.4, 0.5) is 0 Å². The van der Waals surface area contributed by atoms with Crippen molar-refractivity contribution in [3.05, 3.63) is 77.5 Å². The maximum atomic E-state index is 12.2. The van der Waals surface area contributed by atoms with Crippen LogP contribution in [0.15, 0.2) is 65.8 Å². The maximum absolute atomic E-state index is 12.2. The zero-order valence-electron chi connectivity index (χ0n) is 14.3. The third-order valence-electron chi connectivity index (χ3n) is 4.00. The molecule has 0 saturated carbocycles. The first-order chi connectivity index (χ1) is 12.2. The van der Waals surface area contributed by atoms with Gasteiger partial charge in [0.05, 0.1) is 11.4 Å². The van der Waals surface area contributed by atoms with Crippen LogP contribution in [0.5, 0.6) is 0 Å². The molecule has 2 aromatic carbocycles. The molecule has 3 aromatic rings. The second-order valence-electron chi connectivity index (χ2n) is 5.72. The van der Waals surface area contributed by atoms with E-state index in [1.54, 1.807) is 6.07 Å². The SMILES string of the molecule is CCc1ccc(-c2cc(C(=O)N/N=C(\C)c3ccccc3)[nH]n2)cc1. The van der Waals surface area contributed by atoms with E-state index in [-0.39, 0.29) is 5.91 Å². The number of aromatic amines is 1. The largest absolute Gasteiger partial charge is 0.289 e. The number of hydrogen-bond acceptors (Lipinski definition) is 3. The van der Waals surface area contributed by atoms with Crippen molar-refractivity contribution in [2.24, 2.45) is 5.10 Å². The highest BCUT2D eigenvalue weighted by Crippen LogP contribution is 2.18. The van der Waals surface area contributed by atoms with Gasteiger partial charge in [-0.2, -0.15) is 10.2 Å². The molecule has 0 radical (unpaired) electrons. The average Bonchev–Trinajstić information content (AvgIpc) is 3.17. The molecule has 1 heterocycles. The summed E-state index contributed by atoms with van der Waals surface area (Å²) in [7, 11) is 0. The van der Waals surface area contributed by atoms with E-state index >= 15 is 0 Å². The molecule has 5 heteroatoms. The number of amides is 1. The molecule has 1 amide bonds. The Bertz CT molecular complexity index is 880. The van der Waals surface area contributed by atoms with E-state index in [1.807, 2.05) is 49.4 Å². The Hall–Kier alpha value is -3.21. The van der Waals surface area contributed by atoms with Gasteiger partial charge in [-0.15, -0.1) is 0 Å². The minimum Gasteiger partial charge on any atom is -0.272 e. The van der Waals surface area contributed by atoms with E-state index in [9.17, 15) is 4.79 Å². The fraction of sp³-hybridized carbons (Fsp3) is 0.150. The molecule has 25 heavy (non-hydrogen) atoms. The lowest BCUT2D eigenvalue weighted by Crippen LogP contribution is -2.19. The van der Waals surface area contributed by atoms with Crippen molar-refractivity contribution in [1.82, 2.24) is 15.6 Å². The van der Waals surface area contributed by atoms with Crippen LogP contribution in [0, 0.1) is 0 Å². The van der Waals surface area contributed by atoms with Crippen LogP contribution >= 0.6 is 0 Å². The maximum Gasteiger partial charge on any atom is 0.289 e. The number of H-pyrrole nitrogens is 1. The van der Waals surface area contributed by atoms with Crippen molar-refractivity contribution in [3.63, 3.8) is 0 Å². The van der Waals surface area contributed by atoms with Crippen molar-refractivity contribution in [1.29, 1.82) is 0 Å². The lowest BCUT2D eigenvalue weighted by Gasteiger charge is -2.01. The summed E-state index contributed by atoms with van der Waals surface area (Å²) in [5.41, 5.74) is 7.60. The lowest BCUT2D eigenvalue weighted by atomic mass is 10.1. The standard InChI is InChI=1S/C20H20N4O/c1-3-15-9-11-17(12-10-15)18-13-19(23-22-18)20(25)24-21-14(2)16-7-5-4-6-8-16/h4-13H,3H2,1-2H3,(H,22,23)(H,24,25)/b21-14+. The van der Waals surface area contributed by atoms with Crippen molar-refractivity contribution in [2.75, 3.05) is 0 Å². The van der Waals surface area contributed by atoms with Crippen LogP contribution in [0.2, 0.25) is 0 Å². The Morgan fingerprint density at radius 1 is 1.12 bits per heavy atom. The molecular formula is C20H20N4O. The second-order valence-corrected chi connectivity index (χ2v) is 5.72. The fourth-order valence-corrected chi connectivity index (χ4v) is 2.44. The van der Waals surface area contributed by atoms with E-state index in [1.165, 1.54) is 5.56 Å². The summed E-state index contributed by atoms with van der Waals surface area (Å²) in [6.45, 7) is 3.97. The smallest absolute Gasteiger partial charge is 0.272 e. The minimum absolute atomic E-state index is 0.320. The summed E-state index contributed by atoms with van der Waals surface area (Å²) in [5.74, 6) is -0.320. The molecule has 0 saturated heterocycles. The third-order valence-corrected chi connectivity index (χ3v) is 4.00. The van der Waals surface area contributed by atoms with E-state index in [4.69, 9.17) is 0 Å². The molecule has 0 aliphatic carbocycles. The number of benzene rings is 2. The first-order valence-electron chi connectivity index (χ1n) is 8.22. The number of carbonyl (C=O) groups is 1. The van der Waals surface area contributed by atoms with Crippen LogP contribution in [0.3, 0.4) is 0 Å². The van der Waals surface area contributed by atoms with Gasteiger partial charge in [0.25, 0.3) is 5.91 Å². The average molecular weight is 332 g/mol. The van der Waals surface area contributed by atoms with Gasteiger partial charge in [0, 0.05) is 5.56 Å². The summed E-state index contributed by atoms with van der Waals surface area (Å²) in [5, 5.41) is 11.1. The van der Waals surface area contributed by atoms with Gasteiger partial charge in [0.2, 0.25) is 0 Å². The zero-order chi connectivity index (χ0) is 17.6. The van der Waals surface area contributed by atoms with Crippen LogP contribution in [-0.4, -0.2) is 21.8 Å². The van der Waals surface area contributed by atoms with E-state index in [2.05, 4.69) is 39.8 Å². The Morgan fingerprint density at radius 3 is 2.52 bits per heavy atom. The lowest BCUT2D eigenvalue weighted by molar-refractivity contribution is 0.0950. The van der Waals surface area contributed by atoms with Gasteiger partial charge >= 0.3 is 0 Å². The molecule has 1 aromatic heterocycles. The molecule has 0 atom stereocenters. The summed E-state index contributed by atoms with van der Waals surface area (Å²) in [6.07, 6.45) is 0.993. The van der Waals surface area contributed by atoms with Crippen molar-refractivity contribution in [3.8, 4) is 11.3 Å². The number of hydrogen-bond donors (Lipinski definition) is 2. The van der Waals surface area contributed by atoms with E-state index in [0.29, 0.717) is 5.69 Å². The first kappa shape index (κ1) is 16.6. The molecule has 3 rings (SSSR count). The van der Waals surface area contributed by atoms with E-state index in [0.717, 1.165) is 29.0 Å². The Labute approximate surface area is 146 Å².